The summed E-state index contributed by atoms with van der Waals surface area (Å²) in [6, 6.07) is 7.84. The van der Waals surface area contributed by atoms with E-state index in [-0.39, 0.29) is 25.0 Å². The highest BCUT2D eigenvalue weighted by Gasteiger charge is 2.24. The van der Waals surface area contributed by atoms with E-state index < -0.39 is 5.97 Å². The van der Waals surface area contributed by atoms with Crippen LogP contribution >= 0.6 is 0 Å². The molecule has 0 unspecified atom stereocenters. The molecule has 0 atom stereocenters. The number of carbonyl (C=O) groups is 3. The van der Waals surface area contributed by atoms with Crippen LogP contribution < -0.4 is 9.64 Å². The summed E-state index contributed by atoms with van der Waals surface area (Å²) in [7, 11) is 1.64. The van der Waals surface area contributed by atoms with Crippen LogP contribution in [0.4, 0.5) is 5.69 Å². The molecule has 0 spiro atoms. The lowest BCUT2D eigenvalue weighted by molar-refractivity contribution is -0.154. The number of piperazine rings is 1. The molecule has 3 rings (SSSR count). The smallest absolute Gasteiger partial charge is 0.326 e. The zero-order chi connectivity index (χ0) is 20.6. The number of methoxy groups -OCH3 is 1. The maximum Gasteiger partial charge on any atom is 0.326 e. The molecule has 2 aliphatic heterocycles. The number of ether oxygens (including phenoxy) is 2. The highest BCUT2D eigenvalue weighted by atomic mass is 16.5. The second-order valence-electron chi connectivity index (χ2n) is 7.35. The van der Waals surface area contributed by atoms with E-state index in [1.165, 1.54) is 4.90 Å². The second kappa shape index (κ2) is 10.1. The van der Waals surface area contributed by atoms with Crippen molar-refractivity contribution in [3.63, 3.8) is 0 Å². The van der Waals surface area contributed by atoms with E-state index in [4.69, 9.17) is 9.47 Å². The summed E-state index contributed by atoms with van der Waals surface area (Å²) < 4.78 is 10.3. The maximum absolute atomic E-state index is 12.4. The van der Waals surface area contributed by atoms with E-state index in [9.17, 15) is 14.4 Å². The number of likely N-dealkylation sites (tertiary alicyclic amines) is 1. The Hall–Kier alpha value is -2.77. The molecule has 2 aliphatic rings. The molecule has 0 bridgehead atoms. The van der Waals surface area contributed by atoms with Gasteiger partial charge in [0.1, 0.15) is 12.3 Å². The number of esters is 1. The third kappa shape index (κ3) is 5.85. The van der Waals surface area contributed by atoms with Crippen LogP contribution in [0.25, 0.3) is 0 Å². The summed E-state index contributed by atoms with van der Waals surface area (Å²) >= 11 is 0. The van der Waals surface area contributed by atoms with Crippen molar-refractivity contribution in [1.82, 2.24) is 9.80 Å². The fourth-order valence-corrected chi connectivity index (χ4v) is 3.65. The summed E-state index contributed by atoms with van der Waals surface area (Å²) in [4.78, 5) is 41.8. The van der Waals surface area contributed by atoms with Crippen LogP contribution in [0.1, 0.15) is 25.7 Å². The second-order valence-corrected chi connectivity index (χ2v) is 7.35. The minimum absolute atomic E-state index is 0.0135. The molecule has 0 saturated carbocycles. The number of anilines is 1. The molecule has 0 radical (unpaired) electrons. The Balaban J connectivity index is 1.40. The van der Waals surface area contributed by atoms with Gasteiger partial charge in [0.05, 0.1) is 7.11 Å². The molecule has 0 aliphatic carbocycles. The first-order valence-corrected chi connectivity index (χ1v) is 10.2. The molecule has 1 aromatic rings. The number of rotatable bonds is 6. The molecule has 158 valence electrons. The van der Waals surface area contributed by atoms with Gasteiger partial charge in [-0.2, -0.15) is 0 Å². The monoisotopic (exact) mass is 403 g/mol. The van der Waals surface area contributed by atoms with Crippen LogP contribution in [0.2, 0.25) is 0 Å². The topological polar surface area (TPSA) is 79.4 Å². The highest BCUT2D eigenvalue weighted by molar-refractivity contribution is 5.84. The lowest BCUT2D eigenvalue weighted by atomic mass is 10.2. The first-order valence-electron chi connectivity index (χ1n) is 10.2. The van der Waals surface area contributed by atoms with Gasteiger partial charge < -0.3 is 24.2 Å². The first kappa shape index (κ1) is 21.0. The van der Waals surface area contributed by atoms with Crippen molar-refractivity contribution in [2.24, 2.45) is 0 Å². The van der Waals surface area contributed by atoms with Crippen molar-refractivity contribution in [1.29, 1.82) is 0 Å². The Kier molecular flexibility index (Phi) is 7.32. The molecular weight excluding hydrogens is 374 g/mol. The summed E-state index contributed by atoms with van der Waals surface area (Å²) in [5.74, 6) is 0.0760. The predicted octanol–water partition coefficient (Wildman–Crippen LogP) is 1.29. The molecule has 29 heavy (non-hydrogen) atoms. The SMILES string of the molecule is COc1ccc(N2CCN(C(=O)COC(=O)CN3CCCCCC3=O)CC2)cc1. The fourth-order valence-electron chi connectivity index (χ4n) is 3.65. The molecule has 8 heteroatoms. The Bertz CT molecular complexity index is 714. The van der Waals surface area contributed by atoms with Crippen LogP contribution in [0.3, 0.4) is 0 Å². The molecule has 2 heterocycles. The van der Waals surface area contributed by atoms with Gasteiger partial charge in [-0.05, 0) is 37.1 Å². The van der Waals surface area contributed by atoms with Gasteiger partial charge in [-0.1, -0.05) is 6.42 Å². The van der Waals surface area contributed by atoms with E-state index in [1.54, 1.807) is 12.0 Å². The lowest BCUT2D eigenvalue weighted by Gasteiger charge is -2.36. The van der Waals surface area contributed by atoms with Gasteiger partial charge in [0.15, 0.2) is 6.61 Å². The molecule has 0 aromatic heterocycles. The van der Waals surface area contributed by atoms with Crippen molar-refractivity contribution < 1.29 is 23.9 Å². The third-order valence-corrected chi connectivity index (χ3v) is 5.42. The standard InChI is InChI=1S/C21H29N3O5/c1-28-18-8-6-17(7-9-18)22-11-13-23(14-12-22)20(26)16-29-21(27)15-24-10-4-2-3-5-19(24)25/h6-9H,2-5,10-16H2,1H3. The molecule has 1 aromatic carbocycles. The summed E-state index contributed by atoms with van der Waals surface area (Å²) in [5, 5.41) is 0. The van der Waals surface area contributed by atoms with Crippen LogP contribution in [0, 0.1) is 0 Å². The van der Waals surface area contributed by atoms with Crippen molar-refractivity contribution in [3.8, 4) is 5.75 Å². The van der Waals surface area contributed by atoms with Gasteiger partial charge in [-0.3, -0.25) is 14.4 Å². The Labute approximate surface area is 171 Å². The van der Waals surface area contributed by atoms with Crippen molar-refractivity contribution >= 4 is 23.5 Å². The lowest BCUT2D eigenvalue weighted by Crippen LogP contribution is -2.50. The van der Waals surface area contributed by atoms with Gasteiger partial charge >= 0.3 is 5.97 Å². The zero-order valence-corrected chi connectivity index (χ0v) is 17.0. The van der Waals surface area contributed by atoms with E-state index in [2.05, 4.69) is 4.90 Å². The molecule has 2 fully saturated rings. The van der Waals surface area contributed by atoms with Gasteiger partial charge in [-0.25, -0.2) is 0 Å². The minimum atomic E-state index is -0.523. The van der Waals surface area contributed by atoms with Crippen LogP contribution in [0.5, 0.6) is 5.75 Å². The van der Waals surface area contributed by atoms with Gasteiger partial charge in [0.25, 0.3) is 5.91 Å². The quantitative estimate of drug-likeness (QED) is 0.666. The minimum Gasteiger partial charge on any atom is -0.497 e. The predicted molar refractivity (Wildman–Crippen MR) is 108 cm³/mol. The van der Waals surface area contributed by atoms with Gasteiger partial charge in [0, 0.05) is 44.8 Å². The molecule has 2 amide bonds. The number of nitrogens with zero attached hydrogens (tertiary/aromatic N) is 3. The van der Waals surface area contributed by atoms with E-state index in [0.717, 1.165) is 30.7 Å². The number of amides is 2. The van der Waals surface area contributed by atoms with Gasteiger partial charge in [0.2, 0.25) is 5.91 Å². The van der Waals surface area contributed by atoms with Crippen LogP contribution in [0.15, 0.2) is 24.3 Å². The van der Waals surface area contributed by atoms with E-state index in [1.807, 2.05) is 24.3 Å². The molecule has 0 N–H and O–H groups in total. The van der Waals surface area contributed by atoms with Crippen LogP contribution in [-0.2, 0) is 19.1 Å². The number of benzene rings is 1. The van der Waals surface area contributed by atoms with E-state index in [0.29, 0.717) is 39.1 Å². The molecule has 2 saturated heterocycles. The summed E-state index contributed by atoms with van der Waals surface area (Å²) in [6.45, 7) is 2.82. The van der Waals surface area contributed by atoms with Crippen molar-refractivity contribution in [2.75, 3.05) is 57.9 Å². The number of hydrogen-bond donors (Lipinski definition) is 0. The average molecular weight is 403 g/mol. The van der Waals surface area contributed by atoms with Crippen molar-refractivity contribution in [2.45, 2.75) is 25.7 Å². The Morgan fingerprint density at radius 3 is 2.38 bits per heavy atom. The number of carbonyl (C=O) groups excluding carboxylic acids is 3. The molecule has 8 nitrogen and oxygen atoms in total. The third-order valence-electron chi connectivity index (χ3n) is 5.42. The summed E-state index contributed by atoms with van der Waals surface area (Å²) in [5.41, 5.74) is 1.09. The maximum atomic E-state index is 12.4. The zero-order valence-electron chi connectivity index (χ0n) is 17.0. The largest absolute Gasteiger partial charge is 0.497 e. The van der Waals surface area contributed by atoms with Crippen LogP contribution in [-0.4, -0.2) is 80.6 Å². The number of hydrogen-bond acceptors (Lipinski definition) is 6. The van der Waals surface area contributed by atoms with Gasteiger partial charge in [-0.15, -0.1) is 0 Å². The Morgan fingerprint density at radius 2 is 1.69 bits per heavy atom. The Morgan fingerprint density at radius 1 is 0.966 bits per heavy atom. The summed E-state index contributed by atoms with van der Waals surface area (Å²) in [6.07, 6.45) is 3.24. The van der Waals surface area contributed by atoms with Crippen molar-refractivity contribution in [3.05, 3.63) is 24.3 Å². The fraction of sp³-hybridized carbons (Fsp3) is 0.571. The normalized spacial score (nSPS) is 17.7. The van der Waals surface area contributed by atoms with E-state index >= 15 is 0 Å². The highest BCUT2D eigenvalue weighted by Crippen LogP contribution is 2.20. The average Bonchev–Trinajstić information content (AvgIpc) is 2.96. The first-order chi connectivity index (χ1) is 14.1. The molecular formula is C21H29N3O5.